The largest absolute Gasteiger partial charge is 0.344 e. The third-order valence-corrected chi connectivity index (χ3v) is 2.76. The second-order valence-electron chi connectivity index (χ2n) is 4.60. The Balaban J connectivity index is 2.42. The standard InChI is InChI=1S/C11H18N2O/c1-9(2)4-7-13(3)10(14)11(8-12)5-6-11/h9H,4-7H2,1-3H3. The Morgan fingerprint density at radius 3 is 2.50 bits per heavy atom. The highest BCUT2D eigenvalue weighted by atomic mass is 16.2. The molecule has 1 saturated carbocycles. The van der Waals surface area contributed by atoms with Crippen molar-refractivity contribution in [2.24, 2.45) is 11.3 Å². The second kappa shape index (κ2) is 4.00. The van der Waals surface area contributed by atoms with Crippen molar-refractivity contribution in [1.29, 1.82) is 5.26 Å². The molecule has 1 amide bonds. The first-order valence-electron chi connectivity index (χ1n) is 5.18. The number of hydrogen-bond donors (Lipinski definition) is 0. The SMILES string of the molecule is CC(C)CCN(C)C(=O)C1(C#N)CC1. The van der Waals surface area contributed by atoms with Crippen LogP contribution in [0.1, 0.15) is 33.1 Å². The highest BCUT2D eigenvalue weighted by Gasteiger charge is 2.51. The Bertz CT molecular complexity index is 261. The van der Waals surface area contributed by atoms with Crippen molar-refractivity contribution in [2.75, 3.05) is 13.6 Å². The minimum absolute atomic E-state index is 0.0145. The van der Waals surface area contributed by atoms with E-state index in [4.69, 9.17) is 5.26 Å². The predicted octanol–water partition coefficient (Wildman–Crippen LogP) is 1.79. The van der Waals surface area contributed by atoms with E-state index >= 15 is 0 Å². The average Bonchev–Trinajstić information content (AvgIpc) is 2.93. The number of hydrogen-bond acceptors (Lipinski definition) is 2. The first-order chi connectivity index (χ1) is 6.52. The number of amides is 1. The maximum Gasteiger partial charge on any atom is 0.242 e. The van der Waals surface area contributed by atoms with Gasteiger partial charge >= 0.3 is 0 Å². The number of carbonyl (C=O) groups is 1. The van der Waals surface area contributed by atoms with Gasteiger partial charge in [0.2, 0.25) is 5.91 Å². The molecule has 0 aromatic heterocycles. The molecule has 3 nitrogen and oxygen atoms in total. The highest BCUT2D eigenvalue weighted by Crippen LogP contribution is 2.46. The van der Waals surface area contributed by atoms with Gasteiger partial charge in [-0.2, -0.15) is 5.26 Å². The van der Waals surface area contributed by atoms with Crippen LogP contribution in [0, 0.1) is 22.7 Å². The summed E-state index contributed by atoms with van der Waals surface area (Å²) in [6.45, 7) is 5.03. The zero-order valence-electron chi connectivity index (χ0n) is 9.21. The molecule has 0 radical (unpaired) electrons. The summed E-state index contributed by atoms with van der Waals surface area (Å²) in [7, 11) is 1.79. The van der Waals surface area contributed by atoms with Crippen LogP contribution in [-0.2, 0) is 4.79 Å². The molecule has 0 heterocycles. The fourth-order valence-corrected chi connectivity index (χ4v) is 1.42. The molecular formula is C11H18N2O. The average molecular weight is 194 g/mol. The fourth-order valence-electron chi connectivity index (χ4n) is 1.42. The lowest BCUT2D eigenvalue weighted by Gasteiger charge is -2.20. The molecule has 0 atom stereocenters. The molecule has 0 aromatic rings. The number of nitriles is 1. The van der Waals surface area contributed by atoms with Gasteiger partial charge in [-0.1, -0.05) is 13.8 Å². The zero-order valence-corrected chi connectivity index (χ0v) is 9.21. The molecule has 0 N–H and O–H groups in total. The van der Waals surface area contributed by atoms with Gasteiger partial charge in [0.25, 0.3) is 0 Å². The highest BCUT2D eigenvalue weighted by molar-refractivity contribution is 5.88. The maximum atomic E-state index is 11.8. The number of nitrogens with zero attached hydrogens (tertiary/aromatic N) is 2. The quantitative estimate of drug-likeness (QED) is 0.685. The van der Waals surface area contributed by atoms with E-state index in [1.807, 2.05) is 0 Å². The van der Waals surface area contributed by atoms with Gasteiger partial charge in [-0.25, -0.2) is 0 Å². The van der Waals surface area contributed by atoms with Crippen molar-refractivity contribution in [3.05, 3.63) is 0 Å². The Morgan fingerprint density at radius 1 is 1.57 bits per heavy atom. The third kappa shape index (κ3) is 2.25. The maximum absolute atomic E-state index is 11.8. The molecule has 0 unspecified atom stereocenters. The summed E-state index contributed by atoms with van der Waals surface area (Å²) in [5.41, 5.74) is -0.647. The van der Waals surface area contributed by atoms with E-state index in [1.54, 1.807) is 11.9 Å². The Morgan fingerprint density at radius 2 is 2.14 bits per heavy atom. The molecule has 1 aliphatic rings. The van der Waals surface area contributed by atoms with Crippen LogP contribution >= 0.6 is 0 Å². The van der Waals surface area contributed by atoms with Gasteiger partial charge in [0, 0.05) is 13.6 Å². The van der Waals surface area contributed by atoms with Gasteiger partial charge < -0.3 is 4.90 Å². The van der Waals surface area contributed by atoms with E-state index in [0.717, 1.165) is 25.8 Å². The lowest BCUT2D eigenvalue weighted by Crippen LogP contribution is -2.34. The van der Waals surface area contributed by atoms with Gasteiger partial charge in [-0.15, -0.1) is 0 Å². The van der Waals surface area contributed by atoms with Crippen molar-refractivity contribution in [3.8, 4) is 6.07 Å². The summed E-state index contributed by atoms with van der Waals surface area (Å²) in [6, 6.07) is 2.13. The van der Waals surface area contributed by atoms with Crippen LogP contribution in [0.5, 0.6) is 0 Å². The predicted molar refractivity (Wildman–Crippen MR) is 54.4 cm³/mol. The molecule has 1 fully saturated rings. The van der Waals surface area contributed by atoms with Crippen LogP contribution in [-0.4, -0.2) is 24.4 Å². The molecule has 0 aromatic carbocycles. The third-order valence-electron chi connectivity index (χ3n) is 2.76. The number of rotatable bonds is 4. The van der Waals surface area contributed by atoms with Gasteiger partial charge in [-0.3, -0.25) is 4.79 Å². The van der Waals surface area contributed by atoms with Crippen LogP contribution in [0.2, 0.25) is 0 Å². The molecule has 78 valence electrons. The van der Waals surface area contributed by atoms with Gasteiger partial charge in [0.15, 0.2) is 0 Å². The summed E-state index contributed by atoms with van der Waals surface area (Å²) in [5, 5.41) is 8.86. The molecule has 0 bridgehead atoms. The Kier molecular flexibility index (Phi) is 3.15. The topological polar surface area (TPSA) is 44.1 Å². The monoisotopic (exact) mass is 194 g/mol. The van der Waals surface area contributed by atoms with E-state index in [0.29, 0.717) is 5.92 Å². The fraction of sp³-hybridized carbons (Fsp3) is 0.818. The molecule has 1 aliphatic carbocycles. The summed E-state index contributed by atoms with van der Waals surface area (Å²) in [4.78, 5) is 13.5. The van der Waals surface area contributed by atoms with Crippen molar-refractivity contribution in [3.63, 3.8) is 0 Å². The van der Waals surface area contributed by atoms with Crippen molar-refractivity contribution in [1.82, 2.24) is 4.90 Å². The zero-order chi connectivity index (χ0) is 10.8. The lowest BCUT2D eigenvalue weighted by molar-refractivity contribution is -0.133. The smallest absolute Gasteiger partial charge is 0.242 e. The first-order valence-corrected chi connectivity index (χ1v) is 5.18. The summed E-state index contributed by atoms with van der Waals surface area (Å²) in [6.07, 6.45) is 2.49. The van der Waals surface area contributed by atoms with E-state index < -0.39 is 5.41 Å². The minimum Gasteiger partial charge on any atom is -0.344 e. The van der Waals surface area contributed by atoms with Crippen LogP contribution in [0.25, 0.3) is 0 Å². The van der Waals surface area contributed by atoms with Crippen LogP contribution in [0.15, 0.2) is 0 Å². The molecule has 0 spiro atoms. The van der Waals surface area contributed by atoms with E-state index in [9.17, 15) is 4.79 Å². The van der Waals surface area contributed by atoms with Crippen LogP contribution in [0.4, 0.5) is 0 Å². The molecule has 14 heavy (non-hydrogen) atoms. The molecule has 0 aliphatic heterocycles. The molecule has 0 saturated heterocycles. The lowest BCUT2D eigenvalue weighted by atomic mass is 10.1. The normalized spacial score (nSPS) is 17.6. The van der Waals surface area contributed by atoms with Gasteiger partial charge in [0.05, 0.1) is 6.07 Å². The van der Waals surface area contributed by atoms with E-state index in [1.165, 1.54) is 0 Å². The molecule has 3 heteroatoms. The summed E-state index contributed by atoms with van der Waals surface area (Å²) >= 11 is 0. The Labute approximate surface area is 85.7 Å². The van der Waals surface area contributed by atoms with Crippen LogP contribution < -0.4 is 0 Å². The Hall–Kier alpha value is -1.04. The van der Waals surface area contributed by atoms with Gasteiger partial charge in [0.1, 0.15) is 5.41 Å². The number of carbonyl (C=O) groups excluding carboxylic acids is 1. The van der Waals surface area contributed by atoms with E-state index in [2.05, 4.69) is 19.9 Å². The van der Waals surface area contributed by atoms with Crippen molar-refractivity contribution >= 4 is 5.91 Å². The molecule has 1 rings (SSSR count). The first kappa shape index (κ1) is 11.0. The second-order valence-corrected chi connectivity index (χ2v) is 4.60. The summed E-state index contributed by atoms with van der Waals surface area (Å²) < 4.78 is 0. The van der Waals surface area contributed by atoms with Crippen molar-refractivity contribution in [2.45, 2.75) is 33.1 Å². The van der Waals surface area contributed by atoms with Crippen molar-refractivity contribution < 1.29 is 4.79 Å². The van der Waals surface area contributed by atoms with E-state index in [-0.39, 0.29) is 5.91 Å². The molecular weight excluding hydrogens is 176 g/mol. The summed E-state index contributed by atoms with van der Waals surface area (Å²) in [5.74, 6) is 0.614. The minimum atomic E-state index is -0.647. The van der Waals surface area contributed by atoms with Gasteiger partial charge in [-0.05, 0) is 25.2 Å². The van der Waals surface area contributed by atoms with Crippen LogP contribution in [0.3, 0.4) is 0 Å².